The third kappa shape index (κ3) is 5.15. The Morgan fingerprint density at radius 1 is 1.03 bits per heavy atom. The summed E-state index contributed by atoms with van der Waals surface area (Å²) in [5, 5.41) is 0. The second-order valence-corrected chi connectivity index (χ2v) is 7.84. The van der Waals surface area contributed by atoms with Gasteiger partial charge in [-0.3, -0.25) is 14.5 Å². The van der Waals surface area contributed by atoms with Crippen LogP contribution in [0, 0.1) is 0 Å². The molecule has 1 aliphatic heterocycles. The maximum atomic E-state index is 13.2. The molecular formula is C23H27NO5S. The number of hydrogen-bond acceptors (Lipinski definition) is 6. The Kier molecular flexibility index (Phi) is 8.16. The normalized spacial score (nSPS) is 14.1. The summed E-state index contributed by atoms with van der Waals surface area (Å²) in [7, 11) is 1.56. The zero-order valence-corrected chi connectivity index (χ0v) is 18.2. The average molecular weight is 430 g/mol. The summed E-state index contributed by atoms with van der Waals surface area (Å²) in [6.45, 7) is 3.66. The number of thioether (sulfide) groups is 1. The van der Waals surface area contributed by atoms with Gasteiger partial charge in [0.1, 0.15) is 11.5 Å². The fourth-order valence-corrected chi connectivity index (χ4v) is 4.22. The van der Waals surface area contributed by atoms with Crippen LogP contribution in [-0.2, 0) is 20.1 Å². The first-order valence-electron chi connectivity index (χ1n) is 10.1. The topological polar surface area (TPSA) is 69.0 Å². The highest BCUT2D eigenvalue weighted by molar-refractivity contribution is 8.03. The highest BCUT2D eigenvalue weighted by atomic mass is 32.2. The number of para-hydroxylation sites is 1. The molecule has 0 aliphatic carbocycles. The van der Waals surface area contributed by atoms with E-state index in [-0.39, 0.29) is 11.8 Å². The molecule has 1 aromatic heterocycles. The third-order valence-electron chi connectivity index (χ3n) is 4.75. The van der Waals surface area contributed by atoms with Gasteiger partial charge in [-0.05, 0) is 31.0 Å². The lowest BCUT2D eigenvalue weighted by atomic mass is 10.1. The number of benzene rings is 1. The van der Waals surface area contributed by atoms with E-state index in [4.69, 9.17) is 13.9 Å². The highest BCUT2D eigenvalue weighted by Gasteiger charge is 2.39. The molecule has 30 heavy (non-hydrogen) atoms. The number of nitrogens with zero attached hydrogens (tertiary/aromatic N) is 1. The second-order valence-electron chi connectivity index (χ2n) is 6.85. The number of imide groups is 1. The molecule has 0 spiro atoms. The van der Waals surface area contributed by atoms with E-state index in [1.807, 2.05) is 24.3 Å². The first-order valence-corrected chi connectivity index (χ1v) is 11.1. The van der Waals surface area contributed by atoms with Crippen LogP contribution in [0.25, 0.3) is 5.57 Å². The van der Waals surface area contributed by atoms with Crippen LogP contribution < -0.4 is 4.74 Å². The van der Waals surface area contributed by atoms with Gasteiger partial charge in [0.05, 0.1) is 29.6 Å². The first-order chi connectivity index (χ1) is 14.7. The van der Waals surface area contributed by atoms with Crippen LogP contribution in [0.2, 0.25) is 0 Å². The fourth-order valence-electron chi connectivity index (χ4n) is 3.19. The number of carbonyl (C=O) groups excluding carboxylic acids is 2. The first kappa shape index (κ1) is 22.2. The number of unbranched alkanes of at least 4 members (excludes halogenated alkanes) is 1. The molecule has 6 nitrogen and oxygen atoms in total. The Morgan fingerprint density at radius 2 is 1.83 bits per heavy atom. The number of amides is 2. The molecular weight excluding hydrogens is 402 g/mol. The number of rotatable bonds is 12. The molecule has 0 N–H and O–H groups in total. The lowest BCUT2D eigenvalue weighted by Crippen LogP contribution is -2.33. The Hall–Kier alpha value is -2.51. The van der Waals surface area contributed by atoms with Crippen molar-refractivity contribution in [2.24, 2.45) is 0 Å². The van der Waals surface area contributed by atoms with Crippen molar-refractivity contribution in [1.82, 2.24) is 4.90 Å². The summed E-state index contributed by atoms with van der Waals surface area (Å²) < 4.78 is 16.4. The lowest BCUT2D eigenvalue weighted by molar-refractivity contribution is -0.136. The van der Waals surface area contributed by atoms with Crippen LogP contribution in [0.5, 0.6) is 5.75 Å². The number of hydrogen-bond donors (Lipinski definition) is 0. The minimum atomic E-state index is -0.292. The van der Waals surface area contributed by atoms with E-state index >= 15 is 0 Å². The van der Waals surface area contributed by atoms with Gasteiger partial charge in [0, 0.05) is 25.3 Å². The number of carbonyl (C=O) groups is 2. The van der Waals surface area contributed by atoms with Crippen molar-refractivity contribution in [3.8, 4) is 5.75 Å². The van der Waals surface area contributed by atoms with E-state index < -0.39 is 0 Å². The quantitative estimate of drug-likeness (QED) is 0.365. The molecule has 2 amide bonds. The predicted molar refractivity (Wildman–Crippen MR) is 117 cm³/mol. The van der Waals surface area contributed by atoms with Gasteiger partial charge in [-0.1, -0.05) is 31.5 Å². The molecule has 0 fully saturated rings. The van der Waals surface area contributed by atoms with Gasteiger partial charge < -0.3 is 13.9 Å². The summed E-state index contributed by atoms with van der Waals surface area (Å²) in [6.07, 6.45) is 4.29. The fraction of sp³-hybridized carbons (Fsp3) is 0.391. The second kappa shape index (κ2) is 11.0. The minimum absolute atomic E-state index is 0.272. The molecule has 0 saturated carbocycles. The highest BCUT2D eigenvalue weighted by Crippen LogP contribution is 2.40. The number of ether oxygens (including phenoxy) is 2. The SMILES string of the molecule is CCCCOCCCN1C(=O)C(SCc2ccco2)=C(c2ccccc2OC)C1=O. The summed E-state index contributed by atoms with van der Waals surface area (Å²) in [4.78, 5) is 28.1. The summed E-state index contributed by atoms with van der Waals surface area (Å²) in [5.74, 6) is 1.21. The molecule has 0 saturated heterocycles. The van der Waals surface area contributed by atoms with Crippen LogP contribution in [0.15, 0.2) is 52.0 Å². The zero-order valence-electron chi connectivity index (χ0n) is 17.4. The molecule has 3 rings (SSSR count). The van der Waals surface area contributed by atoms with Gasteiger partial charge >= 0.3 is 0 Å². The van der Waals surface area contributed by atoms with Crippen LogP contribution in [0.4, 0.5) is 0 Å². The van der Waals surface area contributed by atoms with Crippen LogP contribution in [0.1, 0.15) is 37.5 Å². The van der Waals surface area contributed by atoms with E-state index in [2.05, 4.69) is 6.92 Å². The van der Waals surface area contributed by atoms with Gasteiger partial charge in [0.2, 0.25) is 0 Å². The number of methoxy groups -OCH3 is 1. The minimum Gasteiger partial charge on any atom is -0.496 e. The van der Waals surface area contributed by atoms with Gasteiger partial charge in [-0.2, -0.15) is 0 Å². The summed E-state index contributed by atoms with van der Waals surface area (Å²) >= 11 is 1.32. The molecule has 1 aromatic carbocycles. The van der Waals surface area contributed by atoms with Gasteiger partial charge in [0.15, 0.2) is 0 Å². The van der Waals surface area contributed by atoms with E-state index in [9.17, 15) is 9.59 Å². The van der Waals surface area contributed by atoms with Gasteiger partial charge in [0.25, 0.3) is 11.8 Å². The molecule has 1 aliphatic rings. The van der Waals surface area contributed by atoms with E-state index in [1.165, 1.54) is 16.7 Å². The lowest BCUT2D eigenvalue weighted by Gasteiger charge is -2.15. The maximum absolute atomic E-state index is 13.2. The van der Waals surface area contributed by atoms with Crippen molar-refractivity contribution >= 4 is 29.1 Å². The third-order valence-corrected chi connectivity index (χ3v) is 5.85. The van der Waals surface area contributed by atoms with E-state index in [1.54, 1.807) is 25.5 Å². The Balaban J connectivity index is 1.79. The van der Waals surface area contributed by atoms with Gasteiger partial charge in [-0.25, -0.2) is 0 Å². The smallest absolute Gasteiger partial charge is 0.267 e. The molecule has 0 bridgehead atoms. The molecule has 7 heteroatoms. The van der Waals surface area contributed by atoms with Crippen molar-refractivity contribution in [1.29, 1.82) is 0 Å². The molecule has 0 radical (unpaired) electrons. The average Bonchev–Trinajstić information content (AvgIpc) is 3.36. The van der Waals surface area contributed by atoms with Crippen molar-refractivity contribution in [3.05, 3.63) is 58.9 Å². The monoisotopic (exact) mass is 429 g/mol. The standard InChI is InChI=1S/C23H27NO5S/c1-3-4-13-28-14-8-12-24-22(25)20(18-10-5-6-11-19(18)27-2)21(23(24)26)30-16-17-9-7-15-29-17/h5-7,9-11,15H,3-4,8,12-14,16H2,1-2H3. The van der Waals surface area contributed by atoms with Crippen LogP contribution >= 0.6 is 11.8 Å². The van der Waals surface area contributed by atoms with Gasteiger partial charge in [-0.15, -0.1) is 11.8 Å². The predicted octanol–water partition coefficient (Wildman–Crippen LogP) is 4.51. The Morgan fingerprint density at radius 3 is 2.57 bits per heavy atom. The van der Waals surface area contributed by atoms with Crippen molar-refractivity contribution in [2.75, 3.05) is 26.9 Å². The molecule has 160 valence electrons. The Labute approximate surface area is 181 Å². The molecule has 0 atom stereocenters. The van der Waals surface area contributed by atoms with Crippen molar-refractivity contribution in [2.45, 2.75) is 31.9 Å². The number of furan rings is 1. The summed E-state index contributed by atoms with van der Waals surface area (Å²) in [6, 6.07) is 10.9. The van der Waals surface area contributed by atoms with E-state index in [0.717, 1.165) is 18.6 Å². The van der Waals surface area contributed by atoms with Crippen molar-refractivity contribution in [3.63, 3.8) is 0 Å². The van der Waals surface area contributed by atoms with Crippen LogP contribution in [0.3, 0.4) is 0 Å². The molecule has 2 heterocycles. The summed E-state index contributed by atoms with van der Waals surface area (Å²) in [5.41, 5.74) is 1.02. The molecule has 0 unspecified atom stereocenters. The van der Waals surface area contributed by atoms with E-state index in [0.29, 0.717) is 53.7 Å². The zero-order chi connectivity index (χ0) is 21.3. The van der Waals surface area contributed by atoms with Crippen molar-refractivity contribution < 1.29 is 23.5 Å². The largest absolute Gasteiger partial charge is 0.496 e. The Bertz CT molecular complexity index is 891. The van der Waals surface area contributed by atoms with Crippen LogP contribution in [-0.4, -0.2) is 43.6 Å². The maximum Gasteiger partial charge on any atom is 0.267 e. The molecule has 2 aromatic rings.